The summed E-state index contributed by atoms with van der Waals surface area (Å²) < 4.78 is 1.92. The number of aryl methyl sites for hydroxylation is 2. The molecule has 2 aromatic rings. The molecule has 2 heterocycles. The summed E-state index contributed by atoms with van der Waals surface area (Å²) in [5.74, 6) is 0. The van der Waals surface area contributed by atoms with Gasteiger partial charge in [0.15, 0.2) is 0 Å². The maximum Gasteiger partial charge on any atom is 0.0540 e. The van der Waals surface area contributed by atoms with Gasteiger partial charge in [0.05, 0.1) is 6.20 Å². The van der Waals surface area contributed by atoms with Gasteiger partial charge in [-0.3, -0.25) is 4.68 Å². The van der Waals surface area contributed by atoms with Crippen molar-refractivity contribution in [3.63, 3.8) is 0 Å². The molecule has 92 valence electrons. The van der Waals surface area contributed by atoms with E-state index in [4.69, 9.17) is 0 Å². The van der Waals surface area contributed by atoms with Crippen molar-refractivity contribution in [2.24, 2.45) is 7.05 Å². The van der Waals surface area contributed by atoms with Crippen LogP contribution in [0.4, 0.5) is 0 Å². The Kier molecular flexibility index (Phi) is 3.64. The second-order valence-corrected chi connectivity index (χ2v) is 5.80. The first-order chi connectivity index (χ1) is 8.08. The minimum absolute atomic E-state index is 0.339. The molecule has 2 aromatic heterocycles. The van der Waals surface area contributed by atoms with Crippen LogP contribution in [0.5, 0.6) is 0 Å². The van der Waals surface area contributed by atoms with Crippen LogP contribution >= 0.6 is 11.3 Å². The van der Waals surface area contributed by atoms with E-state index in [1.807, 2.05) is 29.3 Å². The minimum Gasteiger partial charge on any atom is -0.305 e. The van der Waals surface area contributed by atoms with Crippen LogP contribution in [-0.4, -0.2) is 9.78 Å². The number of hydrogen-bond donors (Lipinski definition) is 1. The predicted octanol–water partition coefficient (Wildman–Crippen LogP) is 2.95. The Morgan fingerprint density at radius 3 is 2.71 bits per heavy atom. The molecular formula is C13H19N3S. The van der Waals surface area contributed by atoms with Crippen LogP contribution in [-0.2, 0) is 13.6 Å². The molecule has 0 aliphatic heterocycles. The highest BCUT2D eigenvalue weighted by Crippen LogP contribution is 2.19. The zero-order valence-electron chi connectivity index (χ0n) is 10.8. The third kappa shape index (κ3) is 2.76. The third-order valence-electron chi connectivity index (χ3n) is 3.12. The number of nitrogens with zero attached hydrogens (tertiary/aromatic N) is 2. The Balaban J connectivity index is 1.98. The van der Waals surface area contributed by atoms with Crippen LogP contribution in [0.15, 0.2) is 18.3 Å². The van der Waals surface area contributed by atoms with E-state index in [-0.39, 0.29) is 0 Å². The predicted molar refractivity (Wildman–Crippen MR) is 72.3 cm³/mol. The highest BCUT2D eigenvalue weighted by Gasteiger charge is 2.11. The standard InChI is InChI=1S/C13H19N3S/c1-9-5-6-12(17-9)7-14-10(2)13-8-15-16(4)11(13)3/h5-6,8,10,14H,7H2,1-4H3. The molecule has 17 heavy (non-hydrogen) atoms. The molecular weight excluding hydrogens is 230 g/mol. The zero-order chi connectivity index (χ0) is 12.4. The average Bonchev–Trinajstić information content (AvgIpc) is 2.84. The summed E-state index contributed by atoms with van der Waals surface area (Å²) in [5.41, 5.74) is 2.51. The lowest BCUT2D eigenvalue weighted by atomic mass is 10.1. The lowest BCUT2D eigenvalue weighted by molar-refractivity contribution is 0.574. The summed E-state index contributed by atoms with van der Waals surface area (Å²) in [4.78, 5) is 2.75. The van der Waals surface area contributed by atoms with E-state index >= 15 is 0 Å². The van der Waals surface area contributed by atoms with E-state index in [0.29, 0.717) is 6.04 Å². The molecule has 0 radical (unpaired) electrons. The fraction of sp³-hybridized carbons (Fsp3) is 0.462. The lowest BCUT2D eigenvalue weighted by Gasteiger charge is -2.12. The van der Waals surface area contributed by atoms with Crippen LogP contribution in [0.2, 0.25) is 0 Å². The van der Waals surface area contributed by atoms with E-state index in [0.717, 1.165) is 6.54 Å². The van der Waals surface area contributed by atoms with Crippen LogP contribution in [0.1, 0.15) is 34.0 Å². The van der Waals surface area contributed by atoms with Gasteiger partial charge >= 0.3 is 0 Å². The normalized spacial score (nSPS) is 12.9. The molecule has 4 heteroatoms. The maximum atomic E-state index is 4.28. The van der Waals surface area contributed by atoms with Crippen molar-refractivity contribution < 1.29 is 0 Å². The molecule has 2 rings (SSSR count). The molecule has 0 bridgehead atoms. The third-order valence-corrected chi connectivity index (χ3v) is 4.12. The summed E-state index contributed by atoms with van der Waals surface area (Å²) in [6.45, 7) is 7.36. The SMILES string of the molecule is Cc1ccc(CNC(C)c2cnn(C)c2C)s1. The number of nitrogens with one attached hydrogen (secondary N) is 1. The number of rotatable bonds is 4. The van der Waals surface area contributed by atoms with Crippen LogP contribution in [0.25, 0.3) is 0 Å². The van der Waals surface area contributed by atoms with Gasteiger partial charge in [0.25, 0.3) is 0 Å². The smallest absolute Gasteiger partial charge is 0.0540 e. The van der Waals surface area contributed by atoms with E-state index in [2.05, 4.69) is 43.3 Å². The van der Waals surface area contributed by atoms with E-state index in [1.165, 1.54) is 21.0 Å². The molecule has 0 aliphatic carbocycles. The summed E-state index contributed by atoms with van der Waals surface area (Å²) in [7, 11) is 1.98. The van der Waals surface area contributed by atoms with Crippen LogP contribution in [0.3, 0.4) is 0 Å². The molecule has 3 nitrogen and oxygen atoms in total. The van der Waals surface area contributed by atoms with E-state index in [9.17, 15) is 0 Å². The number of hydrogen-bond acceptors (Lipinski definition) is 3. The van der Waals surface area contributed by atoms with Gasteiger partial charge in [-0.1, -0.05) is 0 Å². The van der Waals surface area contributed by atoms with Gasteiger partial charge in [-0.25, -0.2) is 0 Å². The van der Waals surface area contributed by atoms with Gasteiger partial charge in [0.2, 0.25) is 0 Å². The molecule has 0 amide bonds. The Morgan fingerprint density at radius 2 is 2.18 bits per heavy atom. The number of aromatic nitrogens is 2. The van der Waals surface area contributed by atoms with E-state index < -0.39 is 0 Å². The molecule has 1 N–H and O–H groups in total. The summed E-state index contributed by atoms with van der Waals surface area (Å²) in [6.07, 6.45) is 1.95. The quantitative estimate of drug-likeness (QED) is 0.903. The summed E-state index contributed by atoms with van der Waals surface area (Å²) in [6, 6.07) is 4.70. The van der Waals surface area contributed by atoms with Gasteiger partial charge in [0, 0.05) is 40.6 Å². The Labute approximate surface area is 106 Å². The molecule has 0 aliphatic rings. The first kappa shape index (κ1) is 12.3. The Bertz CT molecular complexity index is 498. The Hall–Kier alpha value is -1.13. The van der Waals surface area contributed by atoms with Crippen LogP contribution < -0.4 is 5.32 Å². The monoisotopic (exact) mass is 249 g/mol. The van der Waals surface area contributed by atoms with Crippen molar-refractivity contribution in [3.8, 4) is 0 Å². The second-order valence-electron chi connectivity index (χ2n) is 4.42. The average molecular weight is 249 g/mol. The maximum absolute atomic E-state index is 4.28. The molecule has 0 saturated carbocycles. The number of thiophene rings is 1. The zero-order valence-corrected chi connectivity index (χ0v) is 11.6. The summed E-state index contributed by atoms with van der Waals surface area (Å²) in [5, 5.41) is 7.82. The molecule has 0 fully saturated rings. The van der Waals surface area contributed by atoms with Gasteiger partial charge in [-0.15, -0.1) is 11.3 Å². The van der Waals surface area contributed by atoms with Gasteiger partial charge in [-0.2, -0.15) is 5.10 Å². The second kappa shape index (κ2) is 5.02. The van der Waals surface area contributed by atoms with Crippen molar-refractivity contribution in [2.45, 2.75) is 33.4 Å². The topological polar surface area (TPSA) is 29.9 Å². The van der Waals surface area contributed by atoms with Gasteiger partial charge < -0.3 is 5.32 Å². The highest BCUT2D eigenvalue weighted by atomic mass is 32.1. The van der Waals surface area contributed by atoms with Crippen molar-refractivity contribution in [3.05, 3.63) is 39.3 Å². The highest BCUT2D eigenvalue weighted by molar-refractivity contribution is 7.11. The van der Waals surface area contributed by atoms with E-state index in [1.54, 1.807) is 0 Å². The Morgan fingerprint density at radius 1 is 1.41 bits per heavy atom. The largest absolute Gasteiger partial charge is 0.305 e. The molecule has 0 spiro atoms. The van der Waals surface area contributed by atoms with Gasteiger partial charge in [-0.05, 0) is 32.9 Å². The lowest BCUT2D eigenvalue weighted by Crippen LogP contribution is -2.18. The van der Waals surface area contributed by atoms with Crippen molar-refractivity contribution >= 4 is 11.3 Å². The summed E-state index contributed by atoms with van der Waals surface area (Å²) >= 11 is 1.85. The van der Waals surface area contributed by atoms with Crippen molar-refractivity contribution in [2.75, 3.05) is 0 Å². The molecule has 1 unspecified atom stereocenters. The van der Waals surface area contributed by atoms with Gasteiger partial charge in [0.1, 0.15) is 0 Å². The fourth-order valence-corrected chi connectivity index (χ4v) is 2.73. The molecule has 1 atom stereocenters. The van der Waals surface area contributed by atoms with Crippen molar-refractivity contribution in [1.29, 1.82) is 0 Å². The molecule has 0 saturated heterocycles. The minimum atomic E-state index is 0.339. The van der Waals surface area contributed by atoms with Crippen molar-refractivity contribution in [1.82, 2.24) is 15.1 Å². The molecule has 0 aromatic carbocycles. The van der Waals surface area contributed by atoms with Crippen LogP contribution in [0, 0.1) is 13.8 Å². The first-order valence-electron chi connectivity index (χ1n) is 5.85. The fourth-order valence-electron chi connectivity index (χ4n) is 1.88. The first-order valence-corrected chi connectivity index (χ1v) is 6.66.